The number of aromatic amines is 1. The lowest BCUT2D eigenvalue weighted by Crippen LogP contribution is -2.36. The van der Waals surface area contributed by atoms with E-state index >= 15 is 0 Å². The minimum atomic E-state index is 0.300. The molecule has 3 aromatic rings. The summed E-state index contributed by atoms with van der Waals surface area (Å²) in [5, 5.41) is 4.15. The highest BCUT2D eigenvalue weighted by Crippen LogP contribution is 2.39. The van der Waals surface area contributed by atoms with Gasteiger partial charge in [-0.2, -0.15) is 0 Å². The molecule has 2 N–H and O–H groups in total. The zero-order valence-electron chi connectivity index (χ0n) is 19.9. The summed E-state index contributed by atoms with van der Waals surface area (Å²) in [7, 11) is 1.86. The van der Waals surface area contributed by atoms with E-state index in [4.69, 9.17) is 0 Å². The van der Waals surface area contributed by atoms with Crippen LogP contribution in [-0.4, -0.2) is 29.5 Å². The minimum Gasteiger partial charge on any atom is -0.385 e. The first-order chi connectivity index (χ1) is 16.2. The lowest BCUT2D eigenvalue weighted by atomic mass is 9.94. The number of hydrogen-bond acceptors (Lipinski definition) is 4. The number of aromatic nitrogens is 2. The molecule has 174 valence electrons. The van der Waals surface area contributed by atoms with Gasteiger partial charge in [-0.15, -0.1) is 0 Å². The zero-order valence-corrected chi connectivity index (χ0v) is 20.7. The molecule has 1 fully saturated rings. The first-order valence-electron chi connectivity index (χ1n) is 12.0. The van der Waals surface area contributed by atoms with E-state index in [2.05, 4.69) is 53.4 Å². The molecule has 3 heterocycles. The van der Waals surface area contributed by atoms with Crippen molar-refractivity contribution in [1.29, 1.82) is 0 Å². The van der Waals surface area contributed by atoms with Crippen LogP contribution in [0.1, 0.15) is 57.9 Å². The van der Waals surface area contributed by atoms with Crippen molar-refractivity contribution in [3.63, 3.8) is 0 Å². The van der Waals surface area contributed by atoms with Gasteiger partial charge in [0, 0.05) is 29.6 Å². The van der Waals surface area contributed by atoms with Crippen molar-refractivity contribution in [3.05, 3.63) is 58.8 Å². The van der Waals surface area contributed by atoms with Gasteiger partial charge in [-0.05, 0) is 55.2 Å². The Kier molecular flexibility index (Phi) is 7.76. The standard InChI is InChI=1S/C15H20N4O.C12H14S/c1-16-13-9-18-15-12(7-8-17-15)14(13)19(10-20)11-5-3-2-4-6-11;1-3-10-8-11-6-4-5-7-12(11)13-9(10)2/h7-11,16H,2-6H2,1H3,(H,17,18);4-7H,3,8H2,1-2H3. The molecule has 0 atom stereocenters. The highest BCUT2D eigenvalue weighted by Gasteiger charge is 2.25. The topological polar surface area (TPSA) is 61.0 Å². The average molecular weight is 463 g/mol. The van der Waals surface area contributed by atoms with Gasteiger partial charge in [0.2, 0.25) is 6.41 Å². The molecule has 0 saturated heterocycles. The van der Waals surface area contributed by atoms with E-state index in [1.807, 2.05) is 36.0 Å². The molecular weight excluding hydrogens is 428 g/mol. The van der Waals surface area contributed by atoms with Crippen LogP contribution in [0.25, 0.3) is 11.0 Å². The van der Waals surface area contributed by atoms with Gasteiger partial charge in [-0.3, -0.25) is 4.79 Å². The molecule has 5 rings (SSSR count). The Morgan fingerprint density at radius 2 is 2.00 bits per heavy atom. The number of pyridine rings is 1. The van der Waals surface area contributed by atoms with E-state index in [0.717, 1.165) is 48.1 Å². The predicted octanol–water partition coefficient (Wildman–Crippen LogP) is 6.92. The summed E-state index contributed by atoms with van der Waals surface area (Å²) in [6.07, 6.45) is 12.8. The second-order valence-electron chi connectivity index (χ2n) is 8.71. The van der Waals surface area contributed by atoms with Crippen LogP contribution >= 0.6 is 11.8 Å². The van der Waals surface area contributed by atoms with E-state index in [9.17, 15) is 4.79 Å². The monoisotopic (exact) mass is 462 g/mol. The van der Waals surface area contributed by atoms with Crippen LogP contribution in [-0.2, 0) is 11.2 Å². The molecule has 2 aromatic heterocycles. The van der Waals surface area contributed by atoms with Crippen molar-refractivity contribution >= 4 is 40.6 Å². The molecule has 5 nitrogen and oxygen atoms in total. The van der Waals surface area contributed by atoms with Crippen molar-refractivity contribution in [2.75, 3.05) is 17.3 Å². The van der Waals surface area contributed by atoms with Crippen molar-refractivity contribution < 1.29 is 4.79 Å². The number of nitrogens with one attached hydrogen (secondary N) is 2. The van der Waals surface area contributed by atoms with Crippen LogP contribution in [0, 0.1) is 0 Å². The zero-order chi connectivity index (χ0) is 23.2. The predicted molar refractivity (Wildman–Crippen MR) is 140 cm³/mol. The van der Waals surface area contributed by atoms with Gasteiger partial charge >= 0.3 is 0 Å². The largest absolute Gasteiger partial charge is 0.385 e. The van der Waals surface area contributed by atoms with Gasteiger partial charge < -0.3 is 15.2 Å². The summed E-state index contributed by atoms with van der Waals surface area (Å²) >= 11 is 1.92. The number of hydrogen-bond donors (Lipinski definition) is 2. The van der Waals surface area contributed by atoms with Gasteiger partial charge in [-0.25, -0.2) is 4.98 Å². The highest BCUT2D eigenvalue weighted by atomic mass is 32.2. The summed E-state index contributed by atoms with van der Waals surface area (Å²) in [6, 6.07) is 11.0. The molecule has 1 aromatic carbocycles. The van der Waals surface area contributed by atoms with Crippen LogP contribution in [0.3, 0.4) is 0 Å². The molecule has 0 spiro atoms. The molecule has 2 aliphatic rings. The molecule has 33 heavy (non-hydrogen) atoms. The number of amides is 1. The van der Waals surface area contributed by atoms with Crippen LogP contribution in [0.2, 0.25) is 0 Å². The van der Waals surface area contributed by atoms with Crippen LogP contribution in [0.4, 0.5) is 11.4 Å². The maximum Gasteiger partial charge on any atom is 0.214 e. The van der Waals surface area contributed by atoms with Crippen LogP contribution in [0.5, 0.6) is 0 Å². The van der Waals surface area contributed by atoms with E-state index in [0.29, 0.717) is 6.04 Å². The number of rotatable bonds is 5. The lowest BCUT2D eigenvalue weighted by molar-refractivity contribution is -0.108. The Balaban J connectivity index is 0.000000172. The van der Waals surface area contributed by atoms with Crippen LogP contribution in [0.15, 0.2) is 58.1 Å². The molecule has 1 aliphatic carbocycles. The molecule has 1 amide bonds. The van der Waals surface area contributed by atoms with Crippen molar-refractivity contribution in [2.24, 2.45) is 0 Å². The van der Waals surface area contributed by atoms with Gasteiger partial charge in [0.25, 0.3) is 0 Å². The SMILES string of the molecule is CCC1=C(C)Sc2ccccc2C1.CNc1cnc2[nH]ccc2c1N(C=O)C1CCCCC1. The number of carbonyl (C=O) groups excluding carboxylic acids is 1. The second kappa shape index (κ2) is 10.9. The summed E-state index contributed by atoms with van der Waals surface area (Å²) in [4.78, 5) is 24.0. The molecule has 0 bridgehead atoms. The Labute approximate surface area is 201 Å². The first kappa shape index (κ1) is 23.4. The number of benzene rings is 1. The fourth-order valence-electron chi connectivity index (χ4n) is 4.85. The highest BCUT2D eigenvalue weighted by molar-refractivity contribution is 8.03. The second-order valence-corrected chi connectivity index (χ2v) is 9.97. The maximum absolute atomic E-state index is 11.7. The Hall–Kier alpha value is -2.73. The van der Waals surface area contributed by atoms with Crippen molar-refractivity contribution in [2.45, 2.75) is 69.7 Å². The fourth-order valence-corrected chi connectivity index (χ4v) is 5.96. The van der Waals surface area contributed by atoms with E-state index in [1.165, 1.54) is 41.0 Å². The van der Waals surface area contributed by atoms with Gasteiger partial charge in [-0.1, -0.05) is 61.7 Å². The van der Waals surface area contributed by atoms with Gasteiger partial charge in [0.05, 0.1) is 17.6 Å². The molecule has 0 radical (unpaired) electrons. The smallest absolute Gasteiger partial charge is 0.214 e. The fraction of sp³-hybridized carbons (Fsp3) is 0.407. The van der Waals surface area contributed by atoms with E-state index in [-0.39, 0.29) is 0 Å². The summed E-state index contributed by atoms with van der Waals surface area (Å²) in [5.41, 5.74) is 5.76. The number of nitrogens with zero attached hydrogens (tertiary/aromatic N) is 2. The van der Waals surface area contributed by atoms with Gasteiger partial charge in [0.1, 0.15) is 5.65 Å². The number of fused-ring (bicyclic) bond motifs is 2. The third-order valence-corrected chi connectivity index (χ3v) is 7.94. The third-order valence-electron chi connectivity index (χ3n) is 6.73. The van der Waals surface area contributed by atoms with Crippen molar-refractivity contribution in [3.8, 4) is 0 Å². The summed E-state index contributed by atoms with van der Waals surface area (Å²) in [5.74, 6) is 0. The molecule has 0 unspecified atom stereocenters. The van der Waals surface area contributed by atoms with E-state index in [1.54, 1.807) is 11.8 Å². The third kappa shape index (κ3) is 5.11. The normalized spacial score (nSPS) is 16.1. The maximum atomic E-state index is 11.7. The molecule has 6 heteroatoms. The molecule has 1 aliphatic heterocycles. The quantitative estimate of drug-likeness (QED) is 0.404. The molecular formula is C27H34N4OS. The van der Waals surface area contributed by atoms with E-state index < -0.39 is 0 Å². The number of thioether (sulfide) groups is 1. The average Bonchev–Trinajstić information content (AvgIpc) is 3.34. The Morgan fingerprint density at radius 3 is 2.73 bits per heavy atom. The van der Waals surface area contributed by atoms with Gasteiger partial charge in [0.15, 0.2) is 0 Å². The molecule has 1 saturated carbocycles. The van der Waals surface area contributed by atoms with Crippen molar-refractivity contribution in [1.82, 2.24) is 9.97 Å². The summed E-state index contributed by atoms with van der Waals surface area (Å²) < 4.78 is 0. The number of carbonyl (C=O) groups is 1. The summed E-state index contributed by atoms with van der Waals surface area (Å²) in [6.45, 7) is 4.48. The lowest BCUT2D eigenvalue weighted by Gasteiger charge is -2.32. The number of anilines is 2. The Morgan fingerprint density at radius 1 is 1.21 bits per heavy atom. The first-order valence-corrected chi connectivity index (χ1v) is 12.8. The van der Waals surface area contributed by atoms with Crippen LogP contribution < -0.4 is 10.2 Å². The number of allylic oxidation sites excluding steroid dienone is 2. The minimum absolute atomic E-state index is 0.300. The Bertz CT molecular complexity index is 1130. The number of H-pyrrole nitrogens is 1.